The van der Waals surface area contributed by atoms with Crippen molar-refractivity contribution in [2.45, 2.75) is 103 Å². The molecule has 2 fully saturated rings. The van der Waals surface area contributed by atoms with E-state index in [1.807, 2.05) is 13.8 Å². The first-order valence-corrected chi connectivity index (χ1v) is 9.58. The SMILES string of the molecule is CC(C)(CCC(=O)NC1CCCCC1)C(=O)NC1CCCCC1. The molecule has 2 rings (SSSR count). The minimum absolute atomic E-state index is 0.106. The number of rotatable bonds is 6. The number of carbonyl (C=O) groups excluding carboxylic acids is 2. The van der Waals surface area contributed by atoms with E-state index in [0.717, 1.165) is 25.7 Å². The molecule has 0 unspecified atom stereocenters. The molecule has 4 nitrogen and oxygen atoms in total. The zero-order chi connectivity index (χ0) is 16.7. The van der Waals surface area contributed by atoms with Crippen molar-refractivity contribution in [3.05, 3.63) is 0 Å². The molecule has 0 radical (unpaired) electrons. The second kappa shape index (κ2) is 8.70. The van der Waals surface area contributed by atoms with Gasteiger partial charge < -0.3 is 10.6 Å². The van der Waals surface area contributed by atoms with E-state index in [9.17, 15) is 9.59 Å². The molecule has 23 heavy (non-hydrogen) atoms. The molecule has 2 N–H and O–H groups in total. The lowest BCUT2D eigenvalue weighted by atomic mass is 9.85. The van der Waals surface area contributed by atoms with Crippen LogP contribution >= 0.6 is 0 Å². The molecule has 0 aromatic heterocycles. The monoisotopic (exact) mass is 322 g/mol. The van der Waals surface area contributed by atoms with Crippen LogP contribution in [0.2, 0.25) is 0 Å². The van der Waals surface area contributed by atoms with Gasteiger partial charge in [-0.3, -0.25) is 9.59 Å². The highest BCUT2D eigenvalue weighted by Crippen LogP contribution is 2.25. The van der Waals surface area contributed by atoms with E-state index in [4.69, 9.17) is 0 Å². The maximum absolute atomic E-state index is 12.5. The highest BCUT2D eigenvalue weighted by molar-refractivity contribution is 5.83. The van der Waals surface area contributed by atoms with Crippen LogP contribution in [0.3, 0.4) is 0 Å². The molecule has 2 amide bonds. The van der Waals surface area contributed by atoms with Crippen LogP contribution in [0.4, 0.5) is 0 Å². The fourth-order valence-corrected chi connectivity index (χ4v) is 3.71. The van der Waals surface area contributed by atoms with Crippen molar-refractivity contribution in [1.29, 1.82) is 0 Å². The van der Waals surface area contributed by atoms with E-state index in [-0.39, 0.29) is 11.8 Å². The Morgan fingerprint density at radius 1 is 0.826 bits per heavy atom. The van der Waals surface area contributed by atoms with Crippen molar-refractivity contribution in [3.8, 4) is 0 Å². The van der Waals surface area contributed by atoms with Crippen LogP contribution in [0.25, 0.3) is 0 Å². The maximum atomic E-state index is 12.5. The lowest BCUT2D eigenvalue weighted by molar-refractivity contribution is -0.131. The van der Waals surface area contributed by atoms with Gasteiger partial charge in [-0.1, -0.05) is 52.4 Å². The molecule has 132 valence electrons. The average molecular weight is 322 g/mol. The zero-order valence-electron chi connectivity index (χ0n) is 15.0. The van der Waals surface area contributed by atoms with Crippen LogP contribution in [0.1, 0.15) is 90.9 Å². The molecule has 0 bridgehead atoms. The van der Waals surface area contributed by atoms with Crippen LogP contribution in [0.5, 0.6) is 0 Å². The van der Waals surface area contributed by atoms with Crippen molar-refractivity contribution in [2.24, 2.45) is 5.41 Å². The lowest BCUT2D eigenvalue weighted by Crippen LogP contribution is -2.44. The van der Waals surface area contributed by atoms with Crippen LogP contribution in [0.15, 0.2) is 0 Å². The average Bonchev–Trinajstić information content (AvgIpc) is 2.55. The van der Waals surface area contributed by atoms with Gasteiger partial charge in [0.15, 0.2) is 0 Å². The molecule has 0 aromatic carbocycles. The summed E-state index contributed by atoms with van der Waals surface area (Å²) >= 11 is 0. The van der Waals surface area contributed by atoms with Crippen molar-refractivity contribution < 1.29 is 9.59 Å². The molecule has 0 heterocycles. The van der Waals surface area contributed by atoms with E-state index in [0.29, 0.717) is 24.9 Å². The Morgan fingerprint density at radius 2 is 1.30 bits per heavy atom. The summed E-state index contributed by atoms with van der Waals surface area (Å²) < 4.78 is 0. The third-order valence-electron chi connectivity index (χ3n) is 5.50. The molecular formula is C19H34N2O2. The summed E-state index contributed by atoms with van der Waals surface area (Å²) in [4.78, 5) is 24.6. The molecule has 4 heteroatoms. The van der Waals surface area contributed by atoms with Gasteiger partial charge in [0.25, 0.3) is 0 Å². The number of carbonyl (C=O) groups is 2. The molecule has 0 atom stereocenters. The Labute approximate surface area is 141 Å². The molecule has 2 aliphatic rings. The molecule has 0 spiro atoms. The summed E-state index contributed by atoms with van der Waals surface area (Å²) in [6.45, 7) is 3.91. The number of hydrogen-bond donors (Lipinski definition) is 2. The zero-order valence-corrected chi connectivity index (χ0v) is 15.0. The van der Waals surface area contributed by atoms with Crippen molar-refractivity contribution in [1.82, 2.24) is 10.6 Å². The van der Waals surface area contributed by atoms with Gasteiger partial charge in [-0.25, -0.2) is 0 Å². The molecular weight excluding hydrogens is 288 g/mol. The maximum Gasteiger partial charge on any atom is 0.225 e. The summed E-state index contributed by atoms with van der Waals surface area (Å²) in [6, 6.07) is 0.696. The topological polar surface area (TPSA) is 58.2 Å². The van der Waals surface area contributed by atoms with Crippen LogP contribution in [-0.4, -0.2) is 23.9 Å². The minimum Gasteiger partial charge on any atom is -0.353 e. The molecule has 0 saturated heterocycles. The first-order valence-electron chi connectivity index (χ1n) is 9.58. The second-order valence-corrected chi connectivity index (χ2v) is 8.09. The van der Waals surface area contributed by atoms with Crippen LogP contribution < -0.4 is 10.6 Å². The summed E-state index contributed by atoms with van der Waals surface area (Å²) in [5.41, 5.74) is -0.471. The normalized spacial score (nSPS) is 21.0. The summed E-state index contributed by atoms with van der Waals surface area (Å²) in [5, 5.41) is 6.33. The highest BCUT2D eigenvalue weighted by atomic mass is 16.2. The van der Waals surface area contributed by atoms with E-state index in [2.05, 4.69) is 10.6 Å². The Kier molecular flexibility index (Phi) is 6.91. The van der Waals surface area contributed by atoms with Gasteiger partial charge in [-0.15, -0.1) is 0 Å². The summed E-state index contributed by atoms with van der Waals surface area (Å²) in [6.07, 6.45) is 12.9. The van der Waals surface area contributed by atoms with Gasteiger partial charge in [-0.05, 0) is 32.1 Å². The fourth-order valence-electron chi connectivity index (χ4n) is 3.71. The number of amides is 2. The van der Waals surface area contributed by atoms with Gasteiger partial charge in [-0.2, -0.15) is 0 Å². The van der Waals surface area contributed by atoms with Gasteiger partial charge in [0.05, 0.1) is 0 Å². The predicted molar refractivity (Wildman–Crippen MR) is 93.0 cm³/mol. The van der Waals surface area contributed by atoms with Crippen LogP contribution in [0, 0.1) is 5.41 Å². The standard InChI is InChI=1S/C19H34N2O2/c1-19(2,18(23)21-16-11-7-4-8-12-16)14-13-17(22)20-15-9-5-3-6-10-15/h15-16H,3-14H2,1-2H3,(H,20,22)(H,21,23). The smallest absolute Gasteiger partial charge is 0.225 e. The number of hydrogen-bond acceptors (Lipinski definition) is 2. The van der Waals surface area contributed by atoms with Gasteiger partial charge in [0.1, 0.15) is 0 Å². The van der Waals surface area contributed by atoms with Crippen molar-refractivity contribution >= 4 is 11.8 Å². The quantitative estimate of drug-likeness (QED) is 0.783. The fraction of sp³-hybridized carbons (Fsp3) is 0.895. The Hall–Kier alpha value is -1.06. The molecule has 2 aliphatic carbocycles. The van der Waals surface area contributed by atoms with Gasteiger partial charge >= 0.3 is 0 Å². The molecule has 2 saturated carbocycles. The lowest BCUT2D eigenvalue weighted by Gasteiger charge is -2.29. The Bertz CT molecular complexity index is 394. The number of nitrogens with one attached hydrogen (secondary N) is 2. The third kappa shape index (κ3) is 6.15. The molecule has 0 aromatic rings. The molecule has 0 aliphatic heterocycles. The second-order valence-electron chi connectivity index (χ2n) is 8.09. The van der Waals surface area contributed by atoms with E-state index in [1.54, 1.807) is 0 Å². The van der Waals surface area contributed by atoms with E-state index in [1.165, 1.54) is 38.5 Å². The predicted octanol–water partition coefficient (Wildman–Crippen LogP) is 3.69. The van der Waals surface area contributed by atoms with Crippen molar-refractivity contribution in [3.63, 3.8) is 0 Å². The van der Waals surface area contributed by atoms with E-state index < -0.39 is 5.41 Å². The van der Waals surface area contributed by atoms with Gasteiger partial charge in [0.2, 0.25) is 11.8 Å². The van der Waals surface area contributed by atoms with Crippen molar-refractivity contribution in [2.75, 3.05) is 0 Å². The first kappa shape index (κ1) is 18.3. The van der Waals surface area contributed by atoms with Crippen LogP contribution in [-0.2, 0) is 9.59 Å². The van der Waals surface area contributed by atoms with Gasteiger partial charge in [0, 0.05) is 23.9 Å². The first-order chi connectivity index (χ1) is 11.0. The Morgan fingerprint density at radius 3 is 1.83 bits per heavy atom. The van der Waals surface area contributed by atoms with E-state index >= 15 is 0 Å². The minimum atomic E-state index is -0.471. The highest BCUT2D eigenvalue weighted by Gasteiger charge is 2.30. The largest absolute Gasteiger partial charge is 0.353 e. The third-order valence-corrected chi connectivity index (χ3v) is 5.50. The summed E-state index contributed by atoms with van der Waals surface area (Å²) in [7, 11) is 0. The summed E-state index contributed by atoms with van der Waals surface area (Å²) in [5.74, 6) is 0.213. The Balaban J connectivity index is 1.70.